The number of benzene rings is 3. The lowest BCUT2D eigenvalue weighted by Crippen LogP contribution is -2.39. The molecule has 2 heterocycles. The predicted molar refractivity (Wildman–Crippen MR) is 137 cm³/mol. The molecular formula is C31H28N2O4. The molecule has 0 radical (unpaired) electrons. The van der Waals surface area contributed by atoms with Crippen LogP contribution in [0.3, 0.4) is 0 Å². The number of imide groups is 2. The van der Waals surface area contributed by atoms with E-state index in [1.165, 1.54) is 9.80 Å². The molecule has 0 N–H and O–H groups in total. The number of nitrogens with zero attached hydrogens (tertiary/aromatic N) is 2. The molecule has 2 fully saturated rings. The van der Waals surface area contributed by atoms with Crippen molar-refractivity contribution in [1.82, 2.24) is 9.80 Å². The van der Waals surface area contributed by atoms with E-state index in [9.17, 15) is 19.2 Å². The van der Waals surface area contributed by atoms with Gasteiger partial charge < -0.3 is 0 Å². The lowest BCUT2D eigenvalue weighted by Gasteiger charge is -2.39. The van der Waals surface area contributed by atoms with Gasteiger partial charge in [-0.15, -0.1) is 0 Å². The Bertz CT molecular complexity index is 1390. The second-order valence-electron chi connectivity index (χ2n) is 10.4. The second kappa shape index (κ2) is 9.11. The molecule has 6 heteroatoms. The Balaban J connectivity index is 1.34. The van der Waals surface area contributed by atoms with E-state index in [4.69, 9.17) is 0 Å². The van der Waals surface area contributed by atoms with Crippen molar-refractivity contribution >= 4 is 23.6 Å². The Morgan fingerprint density at radius 1 is 0.622 bits per heavy atom. The summed E-state index contributed by atoms with van der Waals surface area (Å²) in [5, 5.41) is 0. The number of rotatable bonds is 5. The molecule has 1 unspecified atom stereocenters. The first-order chi connectivity index (χ1) is 18.0. The molecular weight excluding hydrogens is 464 g/mol. The van der Waals surface area contributed by atoms with Gasteiger partial charge in [0.25, 0.3) is 0 Å². The first kappa shape index (κ1) is 23.3. The third-order valence-corrected chi connectivity index (χ3v) is 8.34. The number of carbonyl (C=O) groups excluding carboxylic acids is 4. The molecule has 1 aliphatic carbocycles. The summed E-state index contributed by atoms with van der Waals surface area (Å²) in [6.45, 7) is 2.44. The van der Waals surface area contributed by atoms with E-state index in [0.717, 1.165) is 22.3 Å². The van der Waals surface area contributed by atoms with Crippen LogP contribution in [0.4, 0.5) is 0 Å². The maximum atomic E-state index is 13.7. The molecule has 3 aromatic rings. The minimum atomic E-state index is -0.564. The highest BCUT2D eigenvalue weighted by atomic mass is 16.2. The molecule has 3 aliphatic rings. The van der Waals surface area contributed by atoms with E-state index in [0.29, 0.717) is 0 Å². The van der Waals surface area contributed by atoms with Gasteiger partial charge in [-0.3, -0.25) is 29.0 Å². The van der Waals surface area contributed by atoms with Gasteiger partial charge in [0.05, 0.1) is 30.8 Å². The van der Waals surface area contributed by atoms with E-state index in [2.05, 4.69) is 0 Å². The van der Waals surface area contributed by atoms with Crippen LogP contribution in [-0.4, -0.2) is 33.4 Å². The fourth-order valence-electron chi connectivity index (χ4n) is 6.64. The van der Waals surface area contributed by atoms with Crippen LogP contribution < -0.4 is 0 Å². The quantitative estimate of drug-likeness (QED) is 0.499. The van der Waals surface area contributed by atoms with Gasteiger partial charge in [0.1, 0.15) is 0 Å². The van der Waals surface area contributed by atoms with Crippen molar-refractivity contribution < 1.29 is 19.2 Å². The van der Waals surface area contributed by atoms with Crippen LogP contribution in [0.2, 0.25) is 0 Å². The Kier molecular flexibility index (Phi) is 5.75. The monoisotopic (exact) mass is 492 g/mol. The van der Waals surface area contributed by atoms with Gasteiger partial charge in [-0.1, -0.05) is 91.9 Å². The van der Waals surface area contributed by atoms with Crippen LogP contribution in [0.1, 0.15) is 47.4 Å². The molecule has 186 valence electrons. The Labute approximate surface area is 215 Å². The van der Waals surface area contributed by atoms with E-state index >= 15 is 0 Å². The molecule has 4 amide bonds. The first-order valence-electron chi connectivity index (χ1n) is 12.8. The number of hydrogen-bond donors (Lipinski definition) is 0. The van der Waals surface area contributed by atoms with Gasteiger partial charge >= 0.3 is 0 Å². The fourth-order valence-corrected chi connectivity index (χ4v) is 6.64. The van der Waals surface area contributed by atoms with Crippen molar-refractivity contribution in [3.8, 4) is 0 Å². The zero-order chi connectivity index (χ0) is 25.7. The standard InChI is InChI=1S/C31H28N2O4/c1-19-26(24-16-25(34)32(29(24)35)17-20-10-4-2-5-11-20)22-14-8-9-15-23(22)28-27(19)30(36)33(31(28)37)18-21-12-6-3-7-13-21/h2-15,19,24,26-28H,16-18H2,1H3/t19-,24?,26-,27-,28+/m0/s1. The normalized spacial score (nSPS) is 27.0. The molecule has 6 rings (SSSR count). The second-order valence-corrected chi connectivity index (χ2v) is 10.4. The minimum Gasteiger partial charge on any atom is -0.278 e. The third kappa shape index (κ3) is 3.79. The van der Waals surface area contributed by atoms with Crippen molar-refractivity contribution in [3.05, 3.63) is 107 Å². The Morgan fingerprint density at radius 2 is 1.16 bits per heavy atom. The van der Waals surface area contributed by atoms with Gasteiger partial charge in [0, 0.05) is 6.42 Å². The fraction of sp³-hybridized carbons (Fsp3) is 0.290. The minimum absolute atomic E-state index is 0.113. The summed E-state index contributed by atoms with van der Waals surface area (Å²) in [5.41, 5.74) is 3.52. The van der Waals surface area contributed by atoms with Gasteiger partial charge in [-0.05, 0) is 34.1 Å². The highest BCUT2D eigenvalue weighted by molar-refractivity contribution is 6.09. The molecule has 0 aromatic heterocycles. The summed E-state index contributed by atoms with van der Waals surface area (Å²) in [6, 6.07) is 26.7. The Hall–Kier alpha value is -4.06. The maximum Gasteiger partial charge on any atom is 0.237 e. The number of fused-ring (bicyclic) bond motifs is 3. The highest BCUT2D eigenvalue weighted by Crippen LogP contribution is 2.54. The smallest absolute Gasteiger partial charge is 0.237 e. The zero-order valence-corrected chi connectivity index (χ0v) is 20.6. The summed E-state index contributed by atoms with van der Waals surface area (Å²) in [5.74, 6) is -3.02. The van der Waals surface area contributed by atoms with Crippen LogP contribution in [0.25, 0.3) is 0 Å². The van der Waals surface area contributed by atoms with E-state index in [1.54, 1.807) is 0 Å². The lowest BCUT2D eigenvalue weighted by atomic mass is 9.61. The van der Waals surface area contributed by atoms with Gasteiger partial charge in [0.2, 0.25) is 23.6 Å². The molecule has 3 aromatic carbocycles. The average Bonchev–Trinajstić information content (AvgIpc) is 3.33. The molecule has 0 saturated carbocycles. The van der Waals surface area contributed by atoms with Crippen molar-refractivity contribution in [3.63, 3.8) is 0 Å². The van der Waals surface area contributed by atoms with Crippen molar-refractivity contribution in [2.75, 3.05) is 0 Å². The van der Waals surface area contributed by atoms with Crippen LogP contribution in [0.5, 0.6) is 0 Å². The number of hydrogen-bond acceptors (Lipinski definition) is 4. The average molecular weight is 493 g/mol. The maximum absolute atomic E-state index is 13.7. The van der Waals surface area contributed by atoms with Gasteiger partial charge in [0.15, 0.2) is 0 Å². The van der Waals surface area contributed by atoms with Crippen LogP contribution >= 0.6 is 0 Å². The van der Waals surface area contributed by atoms with Crippen LogP contribution in [0, 0.1) is 17.8 Å². The third-order valence-electron chi connectivity index (χ3n) is 8.34. The van der Waals surface area contributed by atoms with Crippen molar-refractivity contribution in [2.24, 2.45) is 17.8 Å². The SMILES string of the molecule is C[C@@H]1[C@@H]2C(=O)N(Cc3ccccc3)C(=O)[C@@H]2c2ccccc2[C@H]1C1CC(=O)N(Cc2ccccc2)C1=O. The molecule has 6 nitrogen and oxygen atoms in total. The Morgan fingerprint density at radius 3 is 1.78 bits per heavy atom. The van der Waals surface area contributed by atoms with Crippen LogP contribution in [0.15, 0.2) is 84.9 Å². The molecule has 0 spiro atoms. The van der Waals surface area contributed by atoms with Crippen molar-refractivity contribution in [1.29, 1.82) is 0 Å². The predicted octanol–water partition coefficient (Wildman–Crippen LogP) is 4.26. The molecule has 5 atom stereocenters. The summed E-state index contributed by atoms with van der Waals surface area (Å²) >= 11 is 0. The summed E-state index contributed by atoms with van der Waals surface area (Å²) in [7, 11) is 0. The molecule has 2 saturated heterocycles. The topological polar surface area (TPSA) is 74.8 Å². The van der Waals surface area contributed by atoms with E-state index in [1.807, 2.05) is 91.9 Å². The summed E-state index contributed by atoms with van der Waals surface area (Å²) < 4.78 is 0. The van der Waals surface area contributed by atoms with Gasteiger partial charge in [-0.25, -0.2) is 0 Å². The number of carbonyl (C=O) groups is 4. The molecule has 2 aliphatic heterocycles. The van der Waals surface area contributed by atoms with E-state index < -0.39 is 17.8 Å². The highest BCUT2D eigenvalue weighted by Gasteiger charge is 2.58. The number of likely N-dealkylation sites (tertiary alicyclic amines) is 2. The van der Waals surface area contributed by atoms with Crippen LogP contribution in [-0.2, 0) is 32.3 Å². The lowest BCUT2D eigenvalue weighted by molar-refractivity contribution is -0.143. The van der Waals surface area contributed by atoms with Gasteiger partial charge in [-0.2, -0.15) is 0 Å². The van der Waals surface area contributed by atoms with E-state index in [-0.39, 0.29) is 55.0 Å². The summed E-state index contributed by atoms with van der Waals surface area (Å²) in [6.07, 6.45) is 0.113. The first-order valence-corrected chi connectivity index (χ1v) is 12.8. The zero-order valence-electron chi connectivity index (χ0n) is 20.6. The number of amides is 4. The van der Waals surface area contributed by atoms with Crippen molar-refractivity contribution in [2.45, 2.75) is 38.3 Å². The molecule has 37 heavy (non-hydrogen) atoms. The largest absolute Gasteiger partial charge is 0.278 e. The summed E-state index contributed by atoms with van der Waals surface area (Å²) in [4.78, 5) is 56.8. The molecule has 0 bridgehead atoms.